The van der Waals surface area contributed by atoms with Gasteiger partial charge in [-0.05, 0) is 61.2 Å². The van der Waals surface area contributed by atoms with E-state index in [4.69, 9.17) is 0 Å². The molecule has 138 valence electrons. The van der Waals surface area contributed by atoms with E-state index >= 15 is 0 Å². The summed E-state index contributed by atoms with van der Waals surface area (Å²) in [7, 11) is 0. The molecule has 1 aliphatic heterocycles. The Morgan fingerprint density at radius 3 is 2.48 bits per heavy atom. The number of imidazole rings is 1. The molecule has 1 aliphatic rings. The lowest BCUT2D eigenvalue weighted by Gasteiger charge is -2.26. The highest BCUT2D eigenvalue weighted by Crippen LogP contribution is 2.14. The van der Waals surface area contributed by atoms with Crippen LogP contribution in [0.3, 0.4) is 0 Å². The number of fused-ring (bicyclic) bond motifs is 1. The Hall–Kier alpha value is -3.15. The number of carbonyl (C=O) groups is 2. The lowest BCUT2D eigenvalue weighted by molar-refractivity contribution is 0.0723. The van der Waals surface area contributed by atoms with Crippen molar-refractivity contribution in [1.29, 1.82) is 0 Å². The lowest BCUT2D eigenvalue weighted by Crippen LogP contribution is -2.35. The third-order valence-electron chi connectivity index (χ3n) is 4.95. The van der Waals surface area contributed by atoms with Gasteiger partial charge in [0.1, 0.15) is 5.65 Å². The van der Waals surface area contributed by atoms with E-state index in [2.05, 4.69) is 10.3 Å². The monoisotopic (exact) mass is 362 g/mol. The van der Waals surface area contributed by atoms with Crippen LogP contribution in [0.15, 0.2) is 55.0 Å². The average molecular weight is 362 g/mol. The molecule has 27 heavy (non-hydrogen) atoms. The highest BCUT2D eigenvalue weighted by atomic mass is 16.2. The minimum Gasteiger partial charge on any atom is -0.348 e. The van der Waals surface area contributed by atoms with Crippen molar-refractivity contribution in [1.82, 2.24) is 19.6 Å². The predicted octanol–water partition coefficient (Wildman–Crippen LogP) is 2.89. The number of rotatable bonds is 4. The second-order valence-corrected chi connectivity index (χ2v) is 6.84. The van der Waals surface area contributed by atoms with Crippen LogP contribution in [-0.4, -0.2) is 39.2 Å². The number of likely N-dealkylation sites (tertiary alicyclic amines) is 1. The van der Waals surface area contributed by atoms with Crippen LogP contribution in [0.4, 0.5) is 0 Å². The Labute approximate surface area is 157 Å². The standard InChI is InChI=1S/C21H22N4O2/c26-20(23-15-16-8-12-24-13-9-22-19(24)14-16)17-4-6-18(7-5-17)21(27)25-10-2-1-3-11-25/h4-9,12-14H,1-3,10-11,15H2,(H,23,26). The minimum atomic E-state index is -0.157. The summed E-state index contributed by atoms with van der Waals surface area (Å²) in [5.74, 6) is -0.107. The third kappa shape index (κ3) is 3.84. The molecule has 3 heterocycles. The molecule has 6 heteroatoms. The predicted molar refractivity (Wildman–Crippen MR) is 103 cm³/mol. The quantitative estimate of drug-likeness (QED) is 0.776. The molecule has 0 saturated carbocycles. The molecule has 6 nitrogen and oxygen atoms in total. The Bertz CT molecular complexity index is 956. The number of pyridine rings is 1. The summed E-state index contributed by atoms with van der Waals surface area (Å²) in [5, 5.41) is 2.91. The molecule has 3 aromatic rings. The van der Waals surface area contributed by atoms with Crippen molar-refractivity contribution >= 4 is 17.5 Å². The van der Waals surface area contributed by atoms with Crippen LogP contribution >= 0.6 is 0 Å². The SMILES string of the molecule is O=C(NCc1ccn2ccnc2c1)c1ccc(C(=O)N2CCCCC2)cc1. The van der Waals surface area contributed by atoms with Gasteiger partial charge < -0.3 is 14.6 Å². The van der Waals surface area contributed by atoms with Crippen molar-refractivity contribution in [2.24, 2.45) is 0 Å². The molecular formula is C21H22N4O2. The largest absolute Gasteiger partial charge is 0.348 e. The van der Waals surface area contributed by atoms with Crippen molar-refractivity contribution in [3.05, 3.63) is 71.7 Å². The summed E-state index contributed by atoms with van der Waals surface area (Å²) >= 11 is 0. The van der Waals surface area contributed by atoms with Crippen molar-refractivity contribution in [2.75, 3.05) is 13.1 Å². The number of hydrogen-bond acceptors (Lipinski definition) is 3. The Morgan fingerprint density at radius 1 is 0.963 bits per heavy atom. The van der Waals surface area contributed by atoms with Gasteiger partial charge in [-0.1, -0.05) is 0 Å². The molecule has 2 aromatic heterocycles. The summed E-state index contributed by atoms with van der Waals surface area (Å²) in [6.07, 6.45) is 8.86. The highest BCUT2D eigenvalue weighted by Gasteiger charge is 2.18. The van der Waals surface area contributed by atoms with E-state index in [0.717, 1.165) is 37.1 Å². The average Bonchev–Trinajstić information content (AvgIpc) is 3.20. The highest BCUT2D eigenvalue weighted by molar-refractivity contribution is 5.97. The molecular weight excluding hydrogens is 340 g/mol. The Kier molecular flexibility index (Phi) is 4.87. The number of amides is 2. The van der Waals surface area contributed by atoms with Gasteiger partial charge in [-0.3, -0.25) is 9.59 Å². The zero-order chi connectivity index (χ0) is 18.6. The molecule has 0 unspecified atom stereocenters. The normalized spacial score (nSPS) is 14.3. The molecule has 1 N–H and O–H groups in total. The molecule has 0 bridgehead atoms. The number of nitrogens with zero attached hydrogens (tertiary/aromatic N) is 3. The van der Waals surface area contributed by atoms with Crippen LogP contribution in [0, 0.1) is 0 Å². The van der Waals surface area contributed by atoms with Gasteiger partial charge in [-0.15, -0.1) is 0 Å². The van der Waals surface area contributed by atoms with Crippen LogP contribution in [0.2, 0.25) is 0 Å². The number of nitrogens with one attached hydrogen (secondary N) is 1. The van der Waals surface area contributed by atoms with E-state index in [1.54, 1.807) is 30.5 Å². The first-order valence-corrected chi connectivity index (χ1v) is 9.30. The Balaban J connectivity index is 1.37. The van der Waals surface area contributed by atoms with Crippen molar-refractivity contribution in [3.8, 4) is 0 Å². The number of carbonyl (C=O) groups excluding carboxylic acids is 2. The van der Waals surface area contributed by atoms with Gasteiger partial charge in [-0.2, -0.15) is 0 Å². The molecule has 0 atom stereocenters. The minimum absolute atomic E-state index is 0.0506. The summed E-state index contributed by atoms with van der Waals surface area (Å²) in [4.78, 5) is 31.0. The maximum absolute atomic E-state index is 12.5. The summed E-state index contributed by atoms with van der Waals surface area (Å²) in [5.41, 5.74) is 3.02. The van der Waals surface area contributed by atoms with Crippen LogP contribution in [0.1, 0.15) is 45.5 Å². The first-order chi connectivity index (χ1) is 13.2. The van der Waals surface area contributed by atoms with E-state index in [1.165, 1.54) is 6.42 Å². The van der Waals surface area contributed by atoms with E-state index in [0.29, 0.717) is 17.7 Å². The molecule has 1 fully saturated rings. The first-order valence-electron chi connectivity index (χ1n) is 9.30. The van der Waals surface area contributed by atoms with E-state index < -0.39 is 0 Å². The van der Waals surface area contributed by atoms with Crippen molar-refractivity contribution in [2.45, 2.75) is 25.8 Å². The van der Waals surface area contributed by atoms with Crippen LogP contribution in [0.25, 0.3) is 5.65 Å². The molecule has 4 rings (SSSR count). The van der Waals surface area contributed by atoms with Gasteiger partial charge in [0.25, 0.3) is 11.8 Å². The van der Waals surface area contributed by atoms with Crippen LogP contribution in [0.5, 0.6) is 0 Å². The van der Waals surface area contributed by atoms with E-state index in [-0.39, 0.29) is 11.8 Å². The molecule has 0 spiro atoms. The summed E-state index contributed by atoms with van der Waals surface area (Å²) in [6, 6.07) is 10.8. The number of aromatic nitrogens is 2. The molecule has 1 aromatic carbocycles. The van der Waals surface area contributed by atoms with Gasteiger partial charge in [0, 0.05) is 49.4 Å². The van der Waals surface area contributed by atoms with Gasteiger partial charge in [0.2, 0.25) is 0 Å². The fourth-order valence-corrected chi connectivity index (χ4v) is 3.39. The first kappa shape index (κ1) is 17.3. The van der Waals surface area contributed by atoms with Gasteiger partial charge in [-0.25, -0.2) is 4.98 Å². The number of piperidine rings is 1. The van der Waals surface area contributed by atoms with E-state index in [9.17, 15) is 9.59 Å². The third-order valence-corrected chi connectivity index (χ3v) is 4.95. The van der Waals surface area contributed by atoms with Crippen LogP contribution in [-0.2, 0) is 6.54 Å². The maximum Gasteiger partial charge on any atom is 0.253 e. The van der Waals surface area contributed by atoms with Crippen molar-refractivity contribution in [3.63, 3.8) is 0 Å². The van der Waals surface area contributed by atoms with Crippen LogP contribution < -0.4 is 5.32 Å². The zero-order valence-electron chi connectivity index (χ0n) is 15.1. The fraction of sp³-hybridized carbons (Fsp3) is 0.286. The summed E-state index contributed by atoms with van der Waals surface area (Å²) in [6.45, 7) is 2.07. The lowest BCUT2D eigenvalue weighted by atomic mass is 10.1. The van der Waals surface area contributed by atoms with E-state index in [1.807, 2.05) is 33.8 Å². The second-order valence-electron chi connectivity index (χ2n) is 6.84. The van der Waals surface area contributed by atoms with Crippen molar-refractivity contribution < 1.29 is 9.59 Å². The molecule has 1 saturated heterocycles. The zero-order valence-corrected chi connectivity index (χ0v) is 15.1. The number of benzene rings is 1. The number of hydrogen-bond donors (Lipinski definition) is 1. The summed E-state index contributed by atoms with van der Waals surface area (Å²) < 4.78 is 1.92. The fourth-order valence-electron chi connectivity index (χ4n) is 3.39. The van der Waals surface area contributed by atoms with Gasteiger partial charge in [0.05, 0.1) is 0 Å². The Morgan fingerprint density at radius 2 is 1.70 bits per heavy atom. The molecule has 0 radical (unpaired) electrons. The second kappa shape index (κ2) is 7.61. The van der Waals surface area contributed by atoms with Gasteiger partial charge in [0.15, 0.2) is 0 Å². The van der Waals surface area contributed by atoms with Gasteiger partial charge >= 0.3 is 0 Å². The maximum atomic E-state index is 12.5. The molecule has 0 aliphatic carbocycles. The molecule has 2 amide bonds. The topological polar surface area (TPSA) is 66.7 Å². The smallest absolute Gasteiger partial charge is 0.253 e.